The molecular formula is C42H18B8O. The molecule has 216 valence electrons. The molecule has 0 aliphatic rings. The van der Waals surface area contributed by atoms with Crippen LogP contribution in [0.4, 0.5) is 0 Å². The van der Waals surface area contributed by atoms with Crippen molar-refractivity contribution < 1.29 is 4.42 Å². The molecule has 0 saturated carbocycles. The number of para-hydroxylation sites is 1. The van der Waals surface area contributed by atoms with E-state index >= 15 is 0 Å². The zero-order valence-corrected chi connectivity index (χ0v) is 27.4. The van der Waals surface area contributed by atoms with Gasteiger partial charge in [-0.05, 0) is 83.9 Å². The average molecular weight is 625 g/mol. The first-order valence-electron chi connectivity index (χ1n) is 16.4. The van der Waals surface area contributed by atoms with Crippen molar-refractivity contribution in [2.45, 2.75) is 0 Å². The van der Waals surface area contributed by atoms with E-state index in [-0.39, 0.29) is 43.7 Å². The molecule has 8 aromatic carbocycles. The molecular weight excluding hydrogens is 607 g/mol. The van der Waals surface area contributed by atoms with Crippen molar-refractivity contribution in [2.75, 3.05) is 0 Å². The van der Waals surface area contributed by atoms with E-state index in [1.54, 1.807) is 0 Å². The SMILES string of the molecule is [B]c1c([B])c([B])c2c(-c3ccc(-c4ccccc4)c4ccccc34)c3c([B])c([B])c([B])c([B])c3c(-c3ccc4oc5ccccc5c4c3)c2c1[B]. The van der Waals surface area contributed by atoms with Crippen molar-refractivity contribution in [1.29, 1.82) is 0 Å². The highest BCUT2D eigenvalue weighted by Crippen LogP contribution is 2.45. The molecule has 0 spiro atoms. The fourth-order valence-corrected chi connectivity index (χ4v) is 7.77. The van der Waals surface area contributed by atoms with Crippen LogP contribution in [0.3, 0.4) is 0 Å². The highest BCUT2D eigenvalue weighted by atomic mass is 16.3. The summed E-state index contributed by atoms with van der Waals surface area (Å²) in [5, 5.41) is 6.12. The third-order valence-corrected chi connectivity index (χ3v) is 10.3. The molecule has 0 aliphatic heterocycles. The van der Waals surface area contributed by atoms with Crippen molar-refractivity contribution in [3.05, 3.63) is 109 Å². The van der Waals surface area contributed by atoms with Gasteiger partial charge in [-0.1, -0.05) is 113 Å². The Bertz CT molecular complexity index is 2870. The number of rotatable bonds is 3. The van der Waals surface area contributed by atoms with Gasteiger partial charge in [0.1, 0.15) is 73.9 Å². The average Bonchev–Trinajstić information content (AvgIpc) is 3.54. The lowest BCUT2D eigenvalue weighted by Gasteiger charge is -2.29. The molecule has 1 nitrogen and oxygen atoms in total. The first-order chi connectivity index (χ1) is 24.7. The Morgan fingerprint density at radius 2 is 0.765 bits per heavy atom. The highest BCUT2D eigenvalue weighted by molar-refractivity contribution is 6.71. The number of hydrogen-bond acceptors (Lipinski definition) is 1. The summed E-state index contributed by atoms with van der Waals surface area (Å²) in [4.78, 5) is 0. The fraction of sp³-hybridized carbons (Fsp3) is 0. The molecule has 0 bridgehead atoms. The van der Waals surface area contributed by atoms with Gasteiger partial charge in [0, 0.05) is 10.8 Å². The van der Waals surface area contributed by atoms with Crippen molar-refractivity contribution in [3.63, 3.8) is 0 Å². The number of fused-ring (bicyclic) bond motifs is 6. The van der Waals surface area contributed by atoms with Gasteiger partial charge in [-0.25, -0.2) is 0 Å². The Morgan fingerprint density at radius 1 is 0.314 bits per heavy atom. The van der Waals surface area contributed by atoms with Gasteiger partial charge in [-0.2, -0.15) is 0 Å². The number of furan rings is 1. The summed E-state index contributed by atoms with van der Waals surface area (Å²) >= 11 is 0. The second-order valence-corrected chi connectivity index (χ2v) is 12.9. The number of hydrogen-bond donors (Lipinski definition) is 0. The quantitative estimate of drug-likeness (QED) is 0.218. The van der Waals surface area contributed by atoms with Crippen LogP contribution in [0, 0.1) is 0 Å². The molecule has 0 aliphatic carbocycles. The Labute approximate surface area is 306 Å². The lowest BCUT2D eigenvalue weighted by Crippen LogP contribution is -2.50. The van der Waals surface area contributed by atoms with Crippen LogP contribution < -0.4 is 43.7 Å². The molecule has 0 fully saturated rings. The Balaban J connectivity index is 1.53. The summed E-state index contributed by atoms with van der Waals surface area (Å²) in [5.74, 6) is 0. The summed E-state index contributed by atoms with van der Waals surface area (Å²) in [7, 11) is 54.6. The van der Waals surface area contributed by atoms with Crippen LogP contribution >= 0.6 is 0 Å². The van der Waals surface area contributed by atoms with Crippen LogP contribution in [0.5, 0.6) is 0 Å². The van der Waals surface area contributed by atoms with E-state index in [2.05, 4.69) is 36.4 Å². The van der Waals surface area contributed by atoms with Crippen molar-refractivity contribution in [1.82, 2.24) is 0 Å². The van der Waals surface area contributed by atoms with Gasteiger partial charge in [0.2, 0.25) is 0 Å². The second kappa shape index (κ2) is 11.7. The lowest BCUT2D eigenvalue weighted by molar-refractivity contribution is 0.669. The molecule has 9 rings (SSSR count). The molecule has 0 unspecified atom stereocenters. The summed E-state index contributed by atoms with van der Waals surface area (Å²) in [5.41, 5.74) is 8.24. The monoisotopic (exact) mass is 626 g/mol. The number of benzene rings is 8. The zero-order valence-electron chi connectivity index (χ0n) is 27.4. The molecule has 0 atom stereocenters. The van der Waals surface area contributed by atoms with Crippen LogP contribution in [-0.2, 0) is 0 Å². The van der Waals surface area contributed by atoms with E-state index < -0.39 is 0 Å². The molecule has 51 heavy (non-hydrogen) atoms. The van der Waals surface area contributed by atoms with E-state index in [1.165, 1.54) is 0 Å². The van der Waals surface area contributed by atoms with Gasteiger partial charge < -0.3 is 4.42 Å². The van der Waals surface area contributed by atoms with Gasteiger partial charge in [0.25, 0.3) is 0 Å². The molecule has 0 saturated heterocycles. The van der Waals surface area contributed by atoms with Gasteiger partial charge in [-0.15, -0.1) is 21.9 Å². The topological polar surface area (TPSA) is 13.1 Å². The van der Waals surface area contributed by atoms with E-state index in [9.17, 15) is 0 Å². The summed E-state index contributed by atoms with van der Waals surface area (Å²) in [6, 6.07) is 36.3. The van der Waals surface area contributed by atoms with E-state index in [0.717, 1.165) is 55.0 Å². The Morgan fingerprint density at radius 3 is 1.35 bits per heavy atom. The molecule has 9 aromatic rings. The summed E-state index contributed by atoms with van der Waals surface area (Å²) < 4.78 is 6.17. The Hall–Kier alpha value is -5.14. The third kappa shape index (κ3) is 4.53. The molecule has 0 amide bonds. The maximum atomic E-state index is 7.03. The summed E-state index contributed by atoms with van der Waals surface area (Å²) in [6.07, 6.45) is 0. The van der Waals surface area contributed by atoms with Gasteiger partial charge in [-0.3, -0.25) is 0 Å². The maximum absolute atomic E-state index is 7.03. The van der Waals surface area contributed by atoms with Crippen LogP contribution in [-0.4, -0.2) is 62.8 Å². The smallest absolute Gasteiger partial charge is 0.135 e. The van der Waals surface area contributed by atoms with Gasteiger partial charge in [0.15, 0.2) is 0 Å². The standard InChI is InChI=1S/C42H18B8O/c43-35-31-29(20-14-17-28-26(18-20)24-12-6-7-13-27(24)51-28)32-34(38(46)42(50)40(48)36(32)44)30(33(31)37(45)41(49)39(35)47)25-16-15-21(19-8-2-1-3-9-19)22-10-4-5-11-23(22)25/h1-18H. The first kappa shape index (κ1) is 31.8. The van der Waals surface area contributed by atoms with Crippen LogP contribution in [0.25, 0.3) is 87.6 Å². The molecule has 16 radical (unpaired) electrons. The first-order valence-corrected chi connectivity index (χ1v) is 16.4. The van der Waals surface area contributed by atoms with Crippen molar-refractivity contribution in [2.24, 2.45) is 0 Å². The molecule has 9 heteroatoms. The minimum atomic E-state index is 0.167. The predicted molar refractivity (Wildman–Crippen MR) is 226 cm³/mol. The summed E-state index contributed by atoms with van der Waals surface area (Å²) in [6.45, 7) is 0. The van der Waals surface area contributed by atoms with E-state index in [4.69, 9.17) is 67.2 Å². The van der Waals surface area contributed by atoms with Crippen molar-refractivity contribution in [3.8, 4) is 33.4 Å². The normalized spacial score (nSPS) is 11.8. The lowest BCUT2D eigenvalue weighted by atomic mass is 9.59. The third-order valence-electron chi connectivity index (χ3n) is 10.3. The largest absolute Gasteiger partial charge is 0.456 e. The van der Waals surface area contributed by atoms with Gasteiger partial charge >= 0.3 is 0 Å². The second-order valence-electron chi connectivity index (χ2n) is 12.9. The fourth-order valence-electron chi connectivity index (χ4n) is 7.77. The molecule has 1 heterocycles. The van der Waals surface area contributed by atoms with Gasteiger partial charge in [0.05, 0.1) is 0 Å². The predicted octanol–water partition coefficient (Wildman–Crippen LogP) is 2.40. The van der Waals surface area contributed by atoms with E-state index in [0.29, 0.717) is 32.7 Å². The van der Waals surface area contributed by atoms with Crippen molar-refractivity contribution >= 4 is 161 Å². The minimum absolute atomic E-state index is 0.167. The Kier molecular flexibility index (Phi) is 7.30. The minimum Gasteiger partial charge on any atom is -0.456 e. The molecule has 0 N–H and O–H groups in total. The maximum Gasteiger partial charge on any atom is 0.135 e. The highest BCUT2D eigenvalue weighted by Gasteiger charge is 2.26. The van der Waals surface area contributed by atoms with Crippen LogP contribution in [0.1, 0.15) is 0 Å². The van der Waals surface area contributed by atoms with Crippen LogP contribution in [0.15, 0.2) is 114 Å². The van der Waals surface area contributed by atoms with Crippen LogP contribution in [0.2, 0.25) is 0 Å². The van der Waals surface area contributed by atoms with E-state index in [1.807, 2.05) is 72.8 Å². The molecule has 1 aromatic heterocycles. The zero-order chi connectivity index (χ0) is 35.3.